The number of halogens is 1. The van der Waals surface area contributed by atoms with Crippen molar-refractivity contribution in [3.05, 3.63) is 30.1 Å². The molecule has 1 amide bonds. The molecule has 0 bridgehead atoms. The van der Waals surface area contributed by atoms with Crippen molar-refractivity contribution in [1.29, 1.82) is 0 Å². The zero-order chi connectivity index (χ0) is 20.0. The summed E-state index contributed by atoms with van der Waals surface area (Å²) in [6.45, 7) is 2.91. The summed E-state index contributed by atoms with van der Waals surface area (Å²) >= 11 is 0. The molecule has 1 fully saturated rings. The Morgan fingerprint density at radius 3 is 2.48 bits per heavy atom. The summed E-state index contributed by atoms with van der Waals surface area (Å²) in [6, 6.07) is 3.08. The highest BCUT2D eigenvalue weighted by Gasteiger charge is 2.25. The fourth-order valence-corrected chi connectivity index (χ4v) is 4.20. The monoisotopic (exact) mass is 400 g/mol. The van der Waals surface area contributed by atoms with Crippen molar-refractivity contribution in [3.63, 3.8) is 0 Å². The fraction of sp³-hybridized carbons (Fsp3) is 0.556. The SMILES string of the molecule is C[C@H](NS(=O)(=O)c1ccc(F)cc1)C(=O)OCC(=O)N[C@@H]1CCCC[C@H]1C. The molecule has 1 aliphatic rings. The number of sulfonamides is 1. The van der Waals surface area contributed by atoms with Gasteiger partial charge >= 0.3 is 5.97 Å². The molecule has 0 heterocycles. The molecule has 0 radical (unpaired) electrons. The van der Waals surface area contributed by atoms with Gasteiger partial charge < -0.3 is 10.1 Å². The number of carbonyl (C=O) groups excluding carboxylic acids is 2. The van der Waals surface area contributed by atoms with E-state index in [4.69, 9.17) is 4.74 Å². The molecule has 3 atom stereocenters. The van der Waals surface area contributed by atoms with Gasteiger partial charge in [0, 0.05) is 6.04 Å². The van der Waals surface area contributed by atoms with E-state index in [9.17, 15) is 22.4 Å². The van der Waals surface area contributed by atoms with Gasteiger partial charge in [0.05, 0.1) is 4.90 Å². The van der Waals surface area contributed by atoms with Crippen molar-refractivity contribution in [2.45, 2.75) is 56.5 Å². The molecule has 9 heteroatoms. The van der Waals surface area contributed by atoms with Gasteiger partial charge in [-0.1, -0.05) is 19.8 Å². The van der Waals surface area contributed by atoms with Gasteiger partial charge in [-0.2, -0.15) is 4.72 Å². The molecule has 1 aliphatic carbocycles. The van der Waals surface area contributed by atoms with E-state index in [0.29, 0.717) is 5.92 Å². The molecular formula is C18H25FN2O5S. The molecule has 27 heavy (non-hydrogen) atoms. The standard InChI is InChI=1S/C18H25FN2O5S/c1-12-5-3-4-6-16(12)20-17(22)11-26-18(23)13(2)21-27(24,25)15-9-7-14(19)8-10-15/h7-10,12-13,16,21H,3-6,11H2,1-2H3,(H,20,22)/t12-,13+,16-/m1/s1. The van der Waals surface area contributed by atoms with Gasteiger partial charge in [-0.3, -0.25) is 9.59 Å². The molecule has 150 valence electrons. The molecule has 7 nitrogen and oxygen atoms in total. The van der Waals surface area contributed by atoms with Gasteiger partial charge in [0.2, 0.25) is 10.0 Å². The Morgan fingerprint density at radius 1 is 1.22 bits per heavy atom. The smallest absolute Gasteiger partial charge is 0.324 e. The lowest BCUT2D eigenvalue weighted by Crippen LogP contribution is -2.44. The van der Waals surface area contributed by atoms with Crippen molar-refractivity contribution >= 4 is 21.9 Å². The summed E-state index contributed by atoms with van der Waals surface area (Å²) < 4.78 is 44.3. The maximum atomic E-state index is 12.9. The number of benzene rings is 1. The second kappa shape index (κ2) is 9.27. The average molecular weight is 400 g/mol. The lowest BCUT2D eigenvalue weighted by molar-refractivity contribution is -0.150. The molecule has 2 N–H and O–H groups in total. The maximum absolute atomic E-state index is 12.9. The van der Waals surface area contributed by atoms with Crippen molar-refractivity contribution in [1.82, 2.24) is 10.0 Å². The Hall–Kier alpha value is -2.00. The Morgan fingerprint density at radius 2 is 1.85 bits per heavy atom. The number of rotatable bonds is 7. The topological polar surface area (TPSA) is 102 Å². The van der Waals surface area contributed by atoms with Crippen LogP contribution in [0.2, 0.25) is 0 Å². The molecule has 1 aromatic carbocycles. The van der Waals surface area contributed by atoms with Gasteiger partial charge in [0.25, 0.3) is 5.91 Å². The molecule has 0 aromatic heterocycles. The van der Waals surface area contributed by atoms with E-state index in [1.54, 1.807) is 0 Å². The van der Waals surface area contributed by atoms with Crippen LogP contribution in [-0.2, 0) is 24.3 Å². The second-order valence-electron chi connectivity index (χ2n) is 6.84. The van der Waals surface area contributed by atoms with E-state index in [1.165, 1.54) is 6.92 Å². The van der Waals surface area contributed by atoms with Crippen LogP contribution in [0.15, 0.2) is 29.2 Å². The number of nitrogens with one attached hydrogen (secondary N) is 2. The molecule has 0 unspecified atom stereocenters. The Kier molecular flexibility index (Phi) is 7.32. The maximum Gasteiger partial charge on any atom is 0.324 e. The number of carbonyl (C=O) groups is 2. The predicted octanol–water partition coefficient (Wildman–Crippen LogP) is 1.73. The third-order valence-corrected chi connectivity index (χ3v) is 6.17. The largest absolute Gasteiger partial charge is 0.454 e. The van der Waals surface area contributed by atoms with Crippen LogP contribution < -0.4 is 10.0 Å². The highest BCUT2D eigenvalue weighted by Crippen LogP contribution is 2.23. The number of hydrogen-bond acceptors (Lipinski definition) is 5. The number of ether oxygens (including phenoxy) is 1. The normalized spacial score (nSPS) is 21.3. The average Bonchev–Trinajstić information content (AvgIpc) is 2.61. The molecule has 1 saturated carbocycles. The molecule has 0 saturated heterocycles. The Bertz CT molecular complexity index is 766. The van der Waals surface area contributed by atoms with E-state index in [-0.39, 0.29) is 10.9 Å². The quantitative estimate of drug-likeness (QED) is 0.679. The molecule has 1 aromatic rings. The van der Waals surface area contributed by atoms with Gasteiger partial charge in [0.15, 0.2) is 6.61 Å². The first-order valence-electron chi connectivity index (χ1n) is 8.93. The minimum atomic E-state index is -4.01. The molecule has 2 rings (SSSR count). The van der Waals surface area contributed by atoms with Crippen molar-refractivity contribution < 1.29 is 27.1 Å². The molecular weight excluding hydrogens is 375 g/mol. The first-order chi connectivity index (χ1) is 12.7. The number of amides is 1. The van der Waals surface area contributed by atoms with E-state index >= 15 is 0 Å². The van der Waals surface area contributed by atoms with Crippen LogP contribution in [0.1, 0.15) is 39.5 Å². The Labute approximate surface area is 158 Å². The minimum Gasteiger partial charge on any atom is -0.454 e. The lowest BCUT2D eigenvalue weighted by Gasteiger charge is -2.29. The van der Waals surface area contributed by atoms with Crippen LogP contribution in [0.5, 0.6) is 0 Å². The van der Waals surface area contributed by atoms with Crippen molar-refractivity contribution in [2.75, 3.05) is 6.61 Å². The summed E-state index contributed by atoms with van der Waals surface area (Å²) in [4.78, 5) is 23.8. The van der Waals surface area contributed by atoms with Gasteiger partial charge in [-0.15, -0.1) is 0 Å². The van der Waals surface area contributed by atoms with Gasteiger partial charge in [0.1, 0.15) is 11.9 Å². The third-order valence-electron chi connectivity index (χ3n) is 4.61. The van der Waals surface area contributed by atoms with Gasteiger partial charge in [-0.25, -0.2) is 12.8 Å². The van der Waals surface area contributed by atoms with E-state index in [2.05, 4.69) is 17.0 Å². The summed E-state index contributed by atoms with van der Waals surface area (Å²) in [5, 5.41) is 2.85. The van der Waals surface area contributed by atoms with Crippen molar-refractivity contribution in [3.8, 4) is 0 Å². The van der Waals surface area contributed by atoms with Crippen molar-refractivity contribution in [2.24, 2.45) is 5.92 Å². The predicted molar refractivity (Wildman–Crippen MR) is 96.7 cm³/mol. The van der Waals surface area contributed by atoms with Crippen LogP contribution in [0, 0.1) is 11.7 Å². The summed E-state index contributed by atoms with van der Waals surface area (Å²) in [6.07, 6.45) is 4.15. The minimum absolute atomic E-state index is 0.0688. The van der Waals surface area contributed by atoms with Crippen LogP contribution >= 0.6 is 0 Å². The van der Waals surface area contributed by atoms with Crippen LogP contribution in [0.25, 0.3) is 0 Å². The first-order valence-corrected chi connectivity index (χ1v) is 10.4. The zero-order valence-corrected chi connectivity index (χ0v) is 16.2. The number of esters is 1. The van der Waals surface area contributed by atoms with Gasteiger partial charge in [-0.05, 0) is 49.9 Å². The Balaban J connectivity index is 1.82. The highest BCUT2D eigenvalue weighted by molar-refractivity contribution is 7.89. The summed E-state index contributed by atoms with van der Waals surface area (Å²) in [7, 11) is -4.01. The van der Waals surface area contributed by atoms with Crippen LogP contribution in [0.3, 0.4) is 0 Å². The second-order valence-corrected chi connectivity index (χ2v) is 8.55. The number of hydrogen-bond donors (Lipinski definition) is 2. The van der Waals surface area contributed by atoms with Crippen LogP contribution in [-0.4, -0.2) is 39.0 Å². The zero-order valence-electron chi connectivity index (χ0n) is 15.4. The first kappa shape index (κ1) is 21.3. The van der Waals surface area contributed by atoms with E-state index in [1.807, 2.05) is 0 Å². The summed E-state index contributed by atoms with van der Waals surface area (Å²) in [5.74, 6) is -1.47. The van der Waals surface area contributed by atoms with E-state index < -0.39 is 40.4 Å². The van der Waals surface area contributed by atoms with Crippen LogP contribution in [0.4, 0.5) is 4.39 Å². The lowest BCUT2D eigenvalue weighted by atomic mass is 9.86. The fourth-order valence-electron chi connectivity index (χ4n) is 3.00. The summed E-state index contributed by atoms with van der Waals surface area (Å²) in [5.41, 5.74) is 0. The van der Waals surface area contributed by atoms with E-state index in [0.717, 1.165) is 49.9 Å². The molecule has 0 spiro atoms. The highest BCUT2D eigenvalue weighted by atomic mass is 32.2. The molecule has 0 aliphatic heterocycles. The third kappa shape index (κ3) is 6.28.